The van der Waals surface area contributed by atoms with Gasteiger partial charge in [-0.25, -0.2) is 0 Å². The highest BCUT2D eigenvalue weighted by Crippen LogP contribution is 2.20. The van der Waals surface area contributed by atoms with Gasteiger partial charge in [0.2, 0.25) is 5.91 Å². The first-order valence-electron chi connectivity index (χ1n) is 6.44. The van der Waals surface area contributed by atoms with Gasteiger partial charge in [0, 0.05) is 31.9 Å². The zero-order valence-corrected chi connectivity index (χ0v) is 10.6. The quantitative estimate of drug-likeness (QED) is 0.887. The molecule has 0 bridgehead atoms. The second-order valence-electron chi connectivity index (χ2n) is 4.96. The molecular formula is C14H16N4O. The predicted octanol–water partition coefficient (Wildman–Crippen LogP) is 0.937. The summed E-state index contributed by atoms with van der Waals surface area (Å²) in [4.78, 5) is 22.2. The number of hydrogen-bond donors (Lipinski definition) is 1. The molecule has 98 valence electrons. The van der Waals surface area contributed by atoms with E-state index in [1.54, 1.807) is 12.4 Å². The average molecular weight is 256 g/mol. The van der Waals surface area contributed by atoms with Crippen molar-refractivity contribution in [1.29, 1.82) is 0 Å². The number of amides is 1. The van der Waals surface area contributed by atoms with E-state index in [0.717, 1.165) is 23.1 Å². The first kappa shape index (κ1) is 12.0. The minimum atomic E-state index is 0.190. The standard InChI is InChI=1S/C14H16N4O/c15-7-11-6-14(19)18(9-11)8-10-1-2-12-13(5-10)17-4-3-16-12/h1-5,11H,6-9,15H2. The Morgan fingerprint density at radius 2 is 2.05 bits per heavy atom. The minimum Gasteiger partial charge on any atom is -0.338 e. The number of aromatic nitrogens is 2. The van der Waals surface area contributed by atoms with Gasteiger partial charge >= 0.3 is 0 Å². The van der Waals surface area contributed by atoms with Crippen LogP contribution in [0.15, 0.2) is 30.6 Å². The van der Waals surface area contributed by atoms with Gasteiger partial charge in [-0.3, -0.25) is 14.8 Å². The summed E-state index contributed by atoms with van der Waals surface area (Å²) in [6, 6.07) is 5.93. The van der Waals surface area contributed by atoms with E-state index >= 15 is 0 Å². The molecule has 0 spiro atoms. The Morgan fingerprint density at radius 1 is 1.26 bits per heavy atom. The largest absolute Gasteiger partial charge is 0.338 e. The number of carbonyl (C=O) groups excluding carboxylic acids is 1. The van der Waals surface area contributed by atoms with E-state index < -0.39 is 0 Å². The van der Waals surface area contributed by atoms with Gasteiger partial charge in [0.25, 0.3) is 0 Å². The van der Waals surface area contributed by atoms with Crippen molar-refractivity contribution in [3.05, 3.63) is 36.2 Å². The summed E-state index contributed by atoms with van der Waals surface area (Å²) in [6.07, 6.45) is 3.93. The Labute approximate surface area is 111 Å². The van der Waals surface area contributed by atoms with E-state index in [0.29, 0.717) is 25.4 Å². The van der Waals surface area contributed by atoms with Crippen LogP contribution in [0.25, 0.3) is 11.0 Å². The second kappa shape index (κ2) is 4.93. The molecule has 1 saturated heterocycles. The van der Waals surface area contributed by atoms with Crippen LogP contribution in [0, 0.1) is 5.92 Å². The molecule has 0 radical (unpaired) electrons. The maximum Gasteiger partial charge on any atom is 0.223 e. The zero-order valence-electron chi connectivity index (χ0n) is 10.6. The third-order valence-corrected chi connectivity index (χ3v) is 3.54. The highest BCUT2D eigenvalue weighted by molar-refractivity contribution is 5.79. The van der Waals surface area contributed by atoms with E-state index in [-0.39, 0.29) is 5.91 Å². The van der Waals surface area contributed by atoms with Gasteiger partial charge in [-0.1, -0.05) is 6.07 Å². The number of rotatable bonds is 3. The molecule has 1 fully saturated rings. The molecule has 5 heteroatoms. The summed E-state index contributed by atoms with van der Waals surface area (Å²) >= 11 is 0. The maximum absolute atomic E-state index is 11.9. The number of nitrogens with two attached hydrogens (primary N) is 1. The lowest BCUT2D eigenvalue weighted by Gasteiger charge is -2.16. The number of fused-ring (bicyclic) bond motifs is 1. The second-order valence-corrected chi connectivity index (χ2v) is 4.96. The molecule has 1 aromatic carbocycles. The van der Waals surface area contributed by atoms with Crippen LogP contribution in [-0.2, 0) is 11.3 Å². The van der Waals surface area contributed by atoms with E-state index in [2.05, 4.69) is 9.97 Å². The first-order chi connectivity index (χ1) is 9.26. The topological polar surface area (TPSA) is 72.1 Å². The molecule has 0 aliphatic carbocycles. The molecule has 1 aromatic heterocycles. The predicted molar refractivity (Wildman–Crippen MR) is 72.1 cm³/mol. The highest BCUT2D eigenvalue weighted by atomic mass is 16.2. The van der Waals surface area contributed by atoms with Crippen molar-refractivity contribution in [3.8, 4) is 0 Å². The van der Waals surface area contributed by atoms with Crippen LogP contribution in [0.1, 0.15) is 12.0 Å². The maximum atomic E-state index is 11.9. The van der Waals surface area contributed by atoms with Gasteiger partial charge in [-0.05, 0) is 30.2 Å². The molecular weight excluding hydrogens is 240 g/mol. The molecule has 2 aromatic rings. The number of nitrogens with zero attached hydrogens (tertiary/aromatic N) is 3. The SMILES string of the molecule is NCC1CC(=O)N(Cc2ccc3nccnc3c2)C1. The van der Waals surface area contributed by atoms with Gasteiger partial charge in [-0.15, -0.1) is 0 Å². The Balaban J connectivity index is 1.80. The van der Waals surface area contributed by atoms with Gasteiger partial charge in [0.15, 0.2) is 0 Å². The molecule has 1 amide bonds. The summed E-state index contributed by atoms with van der Waals surface area (Å²) < 4.78 is 0. The van der Waals surface area contributed by atoms with Crippen molar-refractivity contribution in [3.63, 3.8) is 0 Å². The van der Waals surface area contributed by atoms with Crippen molar-refractivity contribution >= 4 is 16.9 Å². The fourth-order valence-corrected chi connectivity index (χ4v) is 2.49. The van der Waals surface area contributed by atoms with Crippen molar-refractivity contribution in [2.75, 3.05) is 13.1 Å². The fraction of sp³-hybridized carbons (Fsp3) is 0.357. The zero-order chi connectivity index (χ0) is 13.2. The monoisotopic (exact) mass is 256 g/mol. The molecule has 1 aliphatic heterocycles. The molecule has 2 N–H and O–H groups in total. The van der Waals surface area contributed by atoms with Crippen molar-refractivity contribution in [2.24, 2.45) is 11.7 Å². The van der Waals surface area contributed by atoms with Gasteiger partial charge < -0.3 is 10.6 Å². The molecule has 5 nitrogen and oxygen atoms in total. The van der Waals surface area contributed by atoms with Crippen LogP contribution in [-0.4, -0.2) is 33.9 Å². The van der Waals surface area contributed by atoms with Crippen LogP contribution in [0.5, 0.6) is 0 Å². The summed E-state index contributed by atoms with van der Waals surface area (Å²) in [7, 11) is 0. The third-order valence-electron chi connectivity index (χ3n) is 3.54. The average Bonchev–Trinajstić information content (AvgIpc) is 2.79. The fourth-order valence-electron chi connectivity index (χ4n) is 2.49. The summed E-state index contributed by atoms with van der Waals surface area (Å²) in [5, 5.41) is 0. The molecule has 1 unspecified atom stereocenters. The normalized spacial score (nSPS) is 19.3. The Kier molecular flexibility index (Phi) is 3.13. The van der Waals surface area contributed by atoms with E-state index in [9.17, 15) is 4.79 Å². The van der Waals surface area contributed by atoms with E-state index in [1.807, 2.05) is 23.1 Å². The molecule has 0 saturated carbocycles. The smallest absolute Gasteiger partial charge is 0.223 e. The van der Waals surface area contributed by atoms with E-state index in [1.165, 1.54) is 0 Å². The summed E-state index contributed by atoms with van der Waals surface area (Å²) in [5.74, 6) is 0.488. The van der Waals surface area contributed by atoms with E-state index in [4.69, 9.17) is 5.73 Å². The molecule has 3 rings (SSSR count). The number of hydrogen-bond acceptors (Lipinski definition) is 4. The van der Waals surface area contributed by atoms with Crippen LogP contribution in [0.2, 0.25) is 0 Å². The lowest BCUT2D eigenvalue weighted by Crippen LogP contribution is -2.25. The van der Waals surface area contributed by atoms with Crippen LogP contribution in [0.3, 0.4) is 0 Å². The number of benzene rings is 1. The molecule has 1 atom stereocenters. The lowest BCUT2D eigenvalue weighted by molar-refractivity contribution is -0.128. The number of carbonyl (C=O) groups is 1. The molecule has 1 aliphatic rings. The van der Waals surface area contributed by atoms with Gasteiger partial charge in [0.05, 0.1) is 11.0 Å². The van der Waals surface area contributed by atoms with Crippen molar-refractivity contribution in [1.82, 2.24) is 14.9 Å². The van der Waals surface area contributed by atoms with Crippen molar-refractivity contribution in [2.45, 2.75) is 13.0 Å². The molecule has 2 heterocycles. The first-order valence-corrected chi connectivity index (χ1v) is 6.44. The molecule has 19 heavy (non-hydrogen) atoms. The number of likely N-dealkylation sites (tertiary alicyclic amines) is 1. The van der Waals surface area contributed by atoms with Gasteiger partial charge in [0.1, 0.15) is 0 Å². The minimum absolute atomic E-state index is 0.190. The lowest BCUT2D eigenvalue weighted by atomic mass is 10.1. The van der Waals surface area contributed by atoms with Crippen molar-refractivity contribution < 1.29 is 4.79 Å². The Morgan fingerprint density at radius 3 is 2.79 bits per heavy atom. The van der Waals surface area contributed by atoms with Crippen LogP contribution >= 0.6 is 0 Å². The Hall–Kier alpha value is -2.01. The van der Waals surface area contributed by atoms with Crippen LogP contribution in [0.4, 0.5) is 0 Å². The van der Waals surface area contributed by atoms with Crippen LogP contribution < -0.4 is 5.73 Å². The highest BCUT2D eigenvalue weighted by Gasteiger charge is 2.28. The van der Waals surface area contributed by atoms with Gasteiger partial charge in [-0.2, -0.15) is 0 Å². The Bertz CT molecular complexity index is 613. The summed E-state index contributed by atoms with van der Waals surface area (Å²) in [6.45, 7) is 1.96. The third kappa shape index (κ3) is 2.42. The summed E-state index contributed by atoms with van der Waals surface area (Å²) in [5.41, 5.74) is 8.45.